The molecule has 4 rings (SSSR count). The van der Waals surface area contributed by atoms with Crippen molar-refractivity contribution in [1.29, 1.82) is 0 Å². The highest BCUT2D eigenvalue weighted by molar-refractivity contribution is 8.01. The molecule has 0 aromatic carbocycles. The molecule has 19 heteroatoms. The molecule has 200 valence electrons. The van der Waals surface area contributed by atoms with E-state index in [9.17, 15) is 19.5 Å². The molecule has 1 saturated heterocycles. The van der Waals surface area contributed by atoms with Gasteiger partial charge in [0.2, 0.25) is 16.7 Å². The lowest BCUT2D eigenvalue weighted by molar-refractivity contribution is -0.150. The Hall–Kier alpha value is -3.73. The topological polar surface area (TPSA) is 230 Å². The number of nitrogen functional groups attached to an aromatic ring is 1. The number of aliphatic carboxylic acids is 1. The molecule has 0 bridgehead atoms. The zero-order valence-corrected chi connectivity index (χ0v) is 22.0. The third-order valence-electron chi connectivity index (χ3n) is 5.16. The minimum Gasteiger partial charge on any atom is -0.477 e. The summed E-state index contributed by atoms with van der Waals surface area (Å²) < 4.78 is 5.54. The molecule has 2 aliphatic heterocycles. The van der Waals surface area contributed by atoms with Gasteiger partial charge in [-0.3, -0.25) is 14.5 Å². The molecule has 0 spiro atoms. The van der Waals surface area contributed by atoms with Crippen molar-refractivity contribution < 1.29 is 24.3 Å². The summed E-state index contributed by atoms with van der Waals surface area (Å²) in [6.07, 6.45) is 5.83. The van der Waals surface area contributed by atoms with Crippen molar-refractivity contribution >= 4 is 63.7 Å². The molecule has 6 N–H and O–H groups in total. The van der Waals surface area contributed by atoms with Gasteiger partial charge in [-0.15, -0.1) is 23.3 Å². The van der Waals surface area contributed by atoms with Crippen LogP contribution in [0.1, 0.15) is 12.2 Å². The second-order valence-corrected chi connectivity index (χ2v) is 10.4. The number of thioether (sulfide) groups is 2. The second kappa shape index (κ2) is 12.2. The SMILES string of the molecule is C#CCON=C(C(=O)NC1C(=O)N2C(C(=O)O)=C(CSc3nnnn3CCCN)CS[C@@H]12)c1nsc(N)n1. The molecule has 2 amide bonds. The fourth-order valence-corrected chi connectivity index (χ4v) is 6.31. The number of aryl methyl sites for hydroxylation is 1. The first-order chi connectivity index (χ1) is 18.3. The highest BCUT2D eigenvalue weighted by Crippen LogP contribution is 2.41. The third-order valence-corrected chi connectivity index (χ3v) is 8.08. The number of anilines is 1. The van der Waals surface area contributed by atoms with Crippen LogP contribution in [-0.4, -0.2) is 99.1 Å². The molecule has 4 heterocycles. The lowest BCUT2D eigenvalue weighted by Gasteiger charge is -2.49. The first kappa shape index (κ1) is 27.3. The van der Waals surface area contributed by atoms with Gasteiger partial charge in [0, 0.05) is 29.6 Å². The highest BCUT2D eigenvalue weighted by atomic mass is 32.2. The van der Waals surface area contributed by atoms with E-state index >= 15 is 0 Å². The molecule has 16 nitrogen and oxygen atoms in total. The number of tetrazole rings is 1. The Morgan fingerprint density at radius 3 is 2.92 bits per heavy atom. The van der Waals surface area contributed by atoms with Crippen LogP contribution >= 0.6 is 35.1 Å². The van der Waals surface area contributed by atoms with E-state index in [0.717, 1.165) is 11.5 Å². The molecule has 1 unspecified atom stereocenters. The smallest absolute Gasteiger partial charge is 0.352 e. The predicted molar refractivity (Wildman–Crippen MR) is 138 cm³/mol. The summed E-state index contributed by atoms with van der Waals surface area (Å²) in [5.41, 5.74) is 11.2. The Labute approximate surface area is 227 Å². The van der Waals surface area contributed by atoms with Crippen molar-refractivity contribution in [1.82, 2.24) is 39.8 Å². The first-order valence-corrected chi connectivity index (χ1v) is 13.7. The maximum absolute atomic E-state index is 13.0. The number of fused-ring (bicyclic) bond motifs is 1. The standard InChI is InChI=1S/C19H21N11O5S3/c1-2-6-35-25-10(13-23-18(21)38-26-13)14(31)22-11-15(32)30-12(17(33)34)9(7-36-16(11)30)8-37-19-24-27-28-29(19)5-3-4-20/h1,11,16H,3-8,20H2,(H,22,31)(H,33,34)(H2,21,23,26)/t11?,16-/m0/s1. The van der Waals surface area contributed by atoms with E-state index in [4.69, 9.17) is 22.7 Å². The van der Waals surface area contributed by atoms with Gasteiger partial charge in [-0.25, -0.2) is 9.48 Å². The van der Waals surface area contributed by atoms with E-state index in [1.54, 1.807) is 4.68 Å². The molecule has 0 aliphatic carbocycles. The van der Waals surface area contributed by atoms with E-state index in [1.165, 1.54) is 28.4 Å². The molecular formula is C19H21N11O5S3. The monoisotopic (exact) mass is 579 g/mol. The summed E-state index contributed by atoms with van der Waals surface area (Å²) in [6.45, 7) is 0.796. The predicted octanol–water partition coefficient (Wildman–Crippen LogP) is -1.66. The summed E-state index contributed by atoms with van der Waals surface area (Å²) in [4.78, 5) is 48.1. The van der Waals surface area contributed by atoms with Gasteiger partial charge in [-0.05, 0) is 29.0 Å². The Morgan fingerprint density at radius 1 is 1.42 bits per heavy atom. The van der Waals surface area contributed by atoms with Crippen molar-refractivity contribution in [2.24, 2.45) is 10.9 Å². The molecule has 2 aliphatic rings. The van der Waals surface area contributed by atoms with Crippen LogP contribution in [0.15, 0.2) is 21.6 Å². The van der Waals surface area contributed by atoms with Crippen LogP contribution in [0.25, 0.3) is 0 Å². The van der Waals surface area contributed by atoms with Crippen LogP contribution in [0.5, 0.6) is 0 Å². The van der Waals surface area contributed by atoms with E-state index in [2.05, 4.69) is 41.3 Å². The first-order valence-electron chi connectivity index (χ1n) is 10.9. The van der Waals surface area contributed by atoms with Gasteiger partial charge < -0.3 is 26.7 Å². The number of terminal acetylenes is 1. The molecule has 1 fully saturated rings. The zero-order valence-electron chi connectivity index (χ0n) is 19.5. The van der Waals surface area contributed by atoms with Gasteiger partial charge in [0.1, 0.15) is 17.1 Å². The number of amides is 2. The van der Waals surface area contributed by atoms with Crippen molar-refractivity contribution in [2.75, 3.05) is 30.4 Å². The summed E-state index contributed by atoms with van der Waals surface area (Å²) in [7, 11) is 0. The lowest BCUT2D eigenvalue weighted by atomic mass is 10.0. The average Bonchev–Trinajstić information content (AvgIpc) is 3.54. The lowest BCUT2D eigenvalue weighted by Crippen LogP contribution is -2.71. The number of nitrogens with zero attached hydrogens (tertiary/aromatic N) is 8. The van der Waals surface area contributed by atoms with Crippen LogP contribution < -0.4 is 16.8 Å². The number of carbonyl (C=O) groups excluding carboxylic acids is 2. The molecule has 0 saturated carbocycles. The Kier molecular flexibility index (Phi) is 8.77. The Bertz CT molecular complexity index is 1330. The number of carbonyl (C=O) groups is 3. The van der Waals surface area contributed by atoms with Crippen LogP contribution in [0.3, 0.4) is 0 Å². The quantitative estimate of drug-likeness (QED) is 0.0551. The van der Waals surface area contributed by atoms with Gasteiger partial charge in [-0.2, -0.15) is 9.36 Å². The van der Waals surface area contributed by atoms with Crippen molar-refractivity contribution in [3.63, 3.8) is 0 Å². The van der Waals surface area contributed by atoms with Crippen LogP contribution in [-0.2, 0) is 25.8 Å². The van der Waals surface area contributed by atoms with Crippen LogP contribution in [0.2, 0.25) is 0 Å². The van der Waals surface area contributed by atoms with Crippen LogP contribution in [0.4, 0.5) is 5.13 Å². The number of β-lactam (4-membered cyclic amide) rings is 1. The molecular weight excluding hydrogens is 558 g/mol. The third kappa shape index (κ3) is 5.72. The number of carboxylic acid groups (broad SMARTS) is 1. The molecule has 2 aromatic rings. The van der Waals surface area contributed by atoms with Gasteiger partial charge >= 0.3 is 5.97 Å². The zero-order chi connectivity index (χ0) is 27.2. The van der Waals surface area contributed by atoms with Gasteiger partial charge in [-0.1, -0.05) is 22.8 Å². The van der Waals surface area contributed by atoms with E-state index < -0.39 is 29.2 Å². The normalized spacial score (nSPS) is 19.0. The fourth-order valence-electron chi connectivity index (χ4n) is 3.49. The van der Waals surface area contributed by atoms with Gasteiger partial charge in [0.25, 0.3) is 11.8 Å². The number of hydrogen-bond acceptors (Lipinski definition) is 15. The Balaban J connectivity index is 1.47. The molecule has 2 aromatic heterocycles. The molecule has 38 heavy (non-hydrogen) atoms. The fraction of sp³-hybridized carbons (Fsp3) is 0.421. The average molecular weight is 580 g/mol. The maximum atomic E-state index is 13.0. The summed E-state index contributed by atoms with van der Waals surface area (Å²) in [6, 6.07) is -1.01. The largest absolute Gasteiger partial charge is 0.477 e. The number of aromatic nitrogens is 6. The molecule has 0 radical (unpaired) electrons. The minimum atomic E-state index is -1.25. The minimum absolute atomic E-state index is 0.0961. The van der Waals surface area contributed by atoms with Gasteiger partial charge in [0.05, 0.1) is 0 Å². The summed E-state index contributed by atoms with van der Waals surface area (Å²) in [5.74, 6) is 0.0466. The second-order valence-electron chi connectivity index (χ2n) is 7.61. The maximum Gasteiger partial charge on any atom is 0.352 e. The number of carboxylic acids is 1. The number of oxime groups is 1. The van der Waals surface area contributed by atoms with E-state index in [0.29, 0.717) is 36.0 Å². The van der Waals surface area contributed by atoms with Crippen LogP contribution in [0, 0.1) is 12.3 Å². The van der Waals surface area contributed by atoms with Crippen molar-refractivity contribution in [3.8, 4) is 12.3 Å². The highest BCUT2D eigenvalue weighted by Gasteiger charge is 2.54. The summed E-state index contributed by atoms with van der Waals surface area (Å²) in [5, 5.41) is 27.7. The van der Waals surface area contributed by atoms with Crippen molar-refractivity contribution in [3.05, 3.63) is 17.1 Å². The molecule has 2 atom stereocenters. The summed E-state index contributed by atoms with van der Waals surface area (Å²) >= 11 is 3.43. The van der Waals surface area contributed by atoms with E-state index in [1.807, 2.05) is 0 Å². The van der Waals surface area contributed by atoms with Gasteiger partial charge in [0.15, 0.2) is 11.7 Å². The number of nitrogens with one attached hydrogen (secondary N) is 1. The number of rotatable bonds is 12. The number of hydrogen-bond donors (Lipinski definition) is 4. The van der Waals surface area contributed by atoms with Crippen molar-refractivity contribution in [2.45, 2.75) is 29.5 Å². The van der Waals surface area contributed by atoms with E-state index in [-0.39, 0.29) is 34.7 Å². The Morgan fingerprint density at radius 2 is 2.24 bits per heavy atom. The number of nitrogens with two attached hydrogens (primary N) is 2.